The molecule has 0 aliphatic carbocycles. The Morgan fingerprint density at radius 3 is 2.93 bits per heavy atom. The van der Waals surface area contributed by atoms with Crippen LogP contribution in [0.1, 0.15) is 5.69 Å². The van der Waals surface area contributed by atoms with Crippen LogP contribution < -0.4 is 11.1 Å². The summed E-state index contributed by atoms with van der Waals surface area (Å²) in [5, 5.41) is 12.8. The molecule has 0 unspecified atom stereocenters. The van der Waals surface area contributed by atoms with Crippen LogP contribution in [0.3, 0.4) is 0 Å². The molecular weight excluding hydrogens is 210 g/mol. The highest BCUT2D eigenvalue weighted by atomic mass is 32.1. The second-order valence-electron chi connectivity index (χ2n) is 3.00. The third-order valence-electron chi connectivity index (χ3n) is 1.86. The summed E-state index contributed by atoms with van der Waals surface area (Å²) >= 11 is 1.60. The number of nitrogen functional groups attached to an aromatic ring is 1. The number of thiazole rings is 1. The zero-order chi connectivity index (χ0) is 10.5. The summed E-state index contributed by atoms with van der Waals surface area (Å²) in [6.45, 7) is 0.794. The van der Waals surface area contributed by atoms with Gasteiger partial charge in [-0.25, -0.2) is 4.98 Å². The Labute approximate surface area is 91.4 Å². The number of nitrogens with zero attached hydrogens (tertiary/aromatic N) is 3. The molecule has 5 nitrogen and oxygen atoms in total. The average molecular weight is 221 g/mol. The lowest BCUT2D eigenvalue weighted by atomic mass is 10.3. The number of nitrogens with one attached hydrogen (secondary N) is 1. The fraction of sp³-hybridized carbons (Fsp3) is 0.222. The van der Waals surface area contributed by atoms with E-state index >= 15 is 0 Å². The first kappa shape index (κ1) is 9.85. The van der Waals surface area contributed by atoms with Gasteiger partial charge in [-0.3, -0.25) is 0 Å². The molecule has 0 aromatic carbocycles. The predicted molar refractivity (Wildman–Crippen MR) is 60.8 cm³/mol. The highest BCUT2D eigenvalue weighted by Gasteiger charge is 1.96. The Balaban J connectivity index is 1.81. The lowest BCUT2D eigenvalue weighted by Crippen LogP contribution is -2.07. The topological polar surface area (TPSA) is 76.7 Å². The minimum atomic E-state index is 0.431. The second kappa shape index (κ2) is 4.70. The molecule has 0 spiro atoms. The molecule has 6 heteroatoms. The standard InChI is InChI=1S/C9H11N5S/c10-8-1-2-9(14-13-8)11-4-3-7-5-15-6-12-7/h1-2,5-6H,3-4H2,(H2,10,13)(H,11,14). The molecule has 0 atom stereocenters. The van der Waals surface area contributed by atoms with Crippen molar-refractivity contribution in [1.82, 2.24) is 15.2 Å². The fourth-order valence-corrected chi connectivity index (χ4v) is 1.71. The summed E-state index contributed by atoms with van der Waals surface area (Å²) in [5.74, 6) is 1.17. The highest BCUT2D eigenvalue weighted by molar-refractivity contribution is 7.07. The van der Waals surface area contributed by atoms with E-state index in [1.807, 2.05) is 17.0 Å². The van der Waals surface area contributed by atoms with Crippen molar-refractivity contribution >= 4 is 23.0 Å². The van der Waals surface area contributed by atoms with Crippen LogP contribution in [0.2, 0.25) is 0 Å². The number of anilines is 2. The number of aromatic nitrogens is 3. The summed E-state index contributed by atoms with van der Waals surface area (Å²) < 4.78 is 0. The van der Waals surface area contributed by atoms with Crippen LogP contribution in [0.25, 0.3) is 0 Å². The van der Waals surface area contributed by atoms with Crippen molar-refractivity contribution < 1.29 is 0 Å². The molecule has 0 fully saturated rings. The van der Waals surface area contributed by atoms with Crippen molar-refractivity contribution in [3.05, 3.63) is 28.7 Å². The van der Waals surface area contributed by atoms with E-state index in [0.29, 0.717) is 5.82 Å². The van der Waals surface area contributed by atoms with E-state index in [9.17, 15) is 0 Å². The Hall–Kier alpha value is -1.69. The maximum Gasteiger partial charge on any atom is 0.148 e. The maximum absolute atomic E-state index is 5.42. The molecule has 0 saturated heterocycles. The lowest BCUT2D eigenvalue weighted by molar-refractivity contribution is 0.948. The first-order chi connectivity index (χ1) is 7.34. The Bertz CT molecular complexity index is 397. The highest BCUT2D eigenvalue weighted by Crippen LogP contribution is 2.04. The summed E-state index contributed by atoms with van der Waals surface area (Å²) in [6.07, 6.45) is 0.884. The molecule has 0 aliphatic heterocycles. The van der Waals surface area contributed by atoms with E-state index in [2.05, 4.69) is 20.5 Å². The molecule has 3 N–H and O–H groups in total. The number of hydrogen-bond acceptors (Lipinski definition) is 6. The third kappa shape index (κ3) is 2.88. The molecule has 2 aromatic rings. The summed E-state index contributed by atoms with van der Waals surface area (Å²) in [7, 11) is 0. The predicted octanol–water partition coefficient (Wildman–Crippen LogP) is 1.17. The Morgan fingerprint density at radius 1 is 1.33 bits per heavy atom. The van der Waals surface area contributed by atoms with Crippen LogP contribution in [-0.2, 0) is 6.42 Å². The van der Waals surface area contributed by atoms with E-state index < -0.39 is 0 Å². The van der Waals surface area contributed by atoms with Gasteiger partial charge in [0.25, 0.3) is 0 Å². The van der Waals surface area contributed by atoms with Crippen LogP contribution in [0.15, 0.2) is 23.0 Å². The second-order valence-corrected chi connectivity index (χ2v) is 3.72. The molecule has 0 saturated carbocycles. The van der Waals surface area contributed by atoms with Crippen LogP contribution in [0.4, 0.5) is 11.6 Å². The van der Waals surface area contributed by atoms with Gasteiger partial charge in [-0.15, -0.1) is 21.5 Å². The fourth-order valence-electron chi connectivity index (χ4n) is 1.12. The molecule has 2 rings (SSSR count). The Morgan fingerprint density at radius 2 is 2.27 bits per heavy atom. The van der Waals surface area contributed by atoms with Gasteiger partial charge in [0.15, 0.2) is 0 Å². The van der Waals surface area contributed by atoms with Crippen molar-refractivity contribution in [3.63, 3.8) is 0 Å². The number of nitrogens with two attached hydrogens (primary N) is 1. The van der Waals surface area contributed by atoms with E-state index in [1.54, 1.807) is 17.4 Å². The molecule has 0 aliphatic rings. The van der Waals surface area contributed by atoms with Crippen LogP contribution in [0.5, 0.6) is 0 Å². The minimum Gasteiger partial charge on any atom is -0.382 e. The van der Waals surface area contributed by atoms with Gasteiger partial charge in [0.1, 0.15) is 11.6 Å². The minimum absolute atomic E-state index is 0.431. The first-order valence-electron chi connectivity index (χ1n) is 4.55. The Kier molecular flexibility index (Phi) is 3.08. The van der Waals surface area contributed by atoms with Crippen molar-refractivity contribution in [1.29, 1.82) is 0 Å². The third-order valence-corrected chi connectivity index (χ3v) is 2.49. The normalized spacial score (nSPS) is 10.1. The van der Waals surface area contributed by atoms with E-state index in [-0.39, 0.29) is 0 Å². The van der Waals surface area contributed by atoms with Gasteiger partial charge < -0.3 is 11.1 Å². The van der Waals surface area contributed by atoms with E-state index in [0.717, 1.165) is 24.5 Å². The van der Waals surface area contributed by atoms with Gasteiger partial charge in [0.05, 0.1) is 11.2 Å². The van der Waals surface area contributed by atoms with Gasteiger partial charge in [0.2, 0.25) is 0 Å². The monoisotopic (exact) mass is 221 g/mol. The molecule has 0 radical (unpaired) electrons. The molecule has 2 heterocycles. The van der Waals surface area contributed by atoms with Crippen molar-refractivity contribution in [2.75, 3.05) is 17.6 Å². The van der Waals surface area contributed by atoms with E-state index in [4.69, 9.17) is 5.73 Å². The van der Waals surface area contributed by atoms with Crippen molar-refractivity contribution in [2.45, 2.75) is 6.42 Å². The maximum atomic E-state index is 5.42. The molecular formula is C9H11N5S. The molecule has 0 amide bonds. The SMILES string of the molecule is Nc1ccc(NCCc2cscn2)nn1. The lowest BCUT2D eigenvalue weighted by Gasteiger charge is -2.02. The number of hydrogen-bond donors (Lipinski definition) is 2. The van der Waals surface area contributed by atoms with Gasteiger partial charge in [-0.1, -0.05) is 0 Å². The first-order valence-corrected chi connectivity index (χ1v) is 5.49. The zero-order valence-electron chi connectivity index (χ0n) is 8.05. The average Bonchev–Trinajstić information content (AvgIpc) is 2.74. The summed E-state index contributed by atoms with van der Waals surface area (Å²) in [5.41, 5.74) is 8.35. The van der Waals surface area contributed by atoms with Crippen molar-refractivity contribution in [3.8, 4) is 0 Å². The number of rotatable bonds is 4. The quantitative estimate of drug-likeness (QED) is 0.810. The smallest absolute Gasteiger partial charge is 0.148 e. The molecule has 0 bridgehead atoms. The van der Waals surface area contributed by atoms with Crippen LogP contribution >= 0.6 is 11.3 Å². The molecule has 2 aromatic heterocycles. The van der Waals surface area contributed by atoms with Gasteiger partial charge >= 0.3 is 0 Å². The van der Waals surface area contributed by atoms with Gasteiger partial charge in [-0.2, -0.15) is 0 Å². The van der Waals surface area contributed by atoms with E-state index in [1.165, 1.54) is 0 Å². The summed E-state index contributed by atoms with van der Waals surface area (Å²) in [4.78, 5) is 4.18. The van der Waals surface area contributed by atoms with Crippen molar-refractivity contribution in [2.24, 2.45) is 0 Å². The van der Waals surface area contributed by atoms with Crippen LogP contribution in [0, 0.1) is 0 Å². The molecule has 15 heavy (non-hydrogen) atoms. The van der Waals surface area contributed by atoms with Gasteiger partial charge in [0, 0.05) is 18.3 Å². The van der Waals surface area contributed by atoms with Crippen LogP contribution in [-0.4, -0.2) is 21.7 Å². The largest absolute Gasteiger partial charge is 0.382 e. The zero-order valence-corrected chi connectivity index (χ0v) is 8.87. The summed E-state index contributed by atoms with van der Waals surface area (Å²) in [6, 6.07) is 3.53. The molecule has 78 valence electrons. The van der Waals surface area contributed by atoms with Gasteiger partial charge in [-0.05, 0) is 12.1 Å².